The van der Waals surface area contributed by atoms with Gasteiger partial charge in [0.25, 0.3) is 0 Å². The number of rotatable bonds is 10. The first-order valence-corrected chi connectivity index (χ1v) is 20.4. The predicted octanol–water partition coefficient (Wildman–Crippen LogP) is 8.86. The van der Waals surface area contributed by atoms with Gasteiger partial charge in [-0.2, -0.15) is 0 Å². The molecule has 12 atom stereocenters. The van der Waals surface area contributed by atoms with Gasteiger partial charge in [0.05, 0.1) is 37.1 Å². The second-order valence-electron chi connectivity index (χ2n) is 18.4. The maximum atomic E-state index is 12.2. The Morgan fingerprint density at radius 2 is 1.54 bits per heavy atom. The maximum Gasteiger partial charge on any atom is 0.158 e. The van der Waals surface area contributed by atoms with Crippen LogP contribution in [0.15, 0.2) is 60.7 Å². The van der Waals surface area contributed by atoms with Crippen LogP contribution >= 0.6 is 0 Å². The Balaban J connectivity index is 1.11. The van der Waals surface area contributed by atoms with E-state index in [4.69, 9.17) is 18.9 Å². The molecule has 284 valence electrons. The van der Waals surface area contributed by atoms with Gasteiger partial charge in [0.1, 0.15) is 5.60 Å². The molecule has 0 aromatic heterocycles. The zero-order valence-corrected chi connectivity index (χ0v) is 32.4. The van der Waals surface area contributed by atoms with Crippen molar-refractivity contribution >= 4 is 0 Å². The van der Waals surface area contributed by atoms with Crippen LogP contribution in [0.5, 0.6) is 0 Å². The summed E-state index contributed by atoms with van der Waals surface area (Å²) in [6.07, 6.45) is 10.2. The second-order valence-corrected chi connectivity index (χ2v) is 18.4. The van der Waals surface area contributed by atoms with E-state index in [-0.39, 0.29) is 35.2 Å². The van der Waals surface area contributed by atoms with E-state index in [1.54, 1.807) is 0 Å². The van der Waals surface area contributed by atoms with E-state index in [1.807, 2.05) is 20.8 Å². The number of aliphatic hydroxyl groups excluding tert-OH is 1. The molecule has 2 aromatic rings. The third kappa shape index (κ3) is 7.93. The number of benzene rings is 2. The first-order chi connectivity index (χ1) is 24.9. The van der Waals surface area contributed by atoms with Crippen LogP contribution in [0.1, 0.15) is 116 Å². The number of ether oxygens (including phenoxy) is 4. The predicted molar refractivity (Wildman–Crippen MR) is 204 cm³/mol. The van der Waals surface area contributed by atoms with Crippen LogP contribution in [0, 0.1) is 52.3 Å². The Kier molecular flexibility index (Phi) is 11.3. The fourth-order valence-corrected chi connectivity index (χ4v) is 11.9. The van der Waals surface area contributed by atoms with Crippen LogP contribution < -0.4 is 0 Å². The van der Waals surface area contributed by atoms with E-state index in [1.165, 1.54) is 17.5 Å². The summed E-state index contributed by atoms with van der Waals surface area (Å²) in [6.45, 7) is 12.8. The topological polar surface area (TPSA) is 77.4 Å². The second kappa shape index (κ2) is 15.5. The summed E-state index contributed by atoms with van der Waals surface area (Å²) in [4.78, 5) is 0. The lowest BCUT2D eigenvalue weighted by Gasteiger charge is -2.63. The minimum Gasteiger partial charge on any atom is -0.393 e. The van der Waals surface area contributed by atoms with E-state index in [0.29, 0.717) is 49.7 Å². The molecule has 4 saturated carbocycles. The molecule has 2 aromatic carbocycles. The molecule has 0 amide bonds. The maximum absolute atomic E-state index is 12.2. The van der Waals surface area contributed by atoms with Gasteiger partial charge in [-0.15, -0.1) is 0 Å². The summed E-state index contributed by atoms with van der Waals surface area (Å²) in [5, 5.41) is 24.2. The van der Waals surface area contributed by atoms with E-state index >= 15 is 0 Å². The summed E-state index contributed by atoms with van der Waals surface area (Å²) in [7, 11) is 0. The molecule has 2 N–H and O–H groups in total. The monoisotopic (exact) mass is 712 g/mol. The Bertz CT molecular complexity index is 1520. The van der Waals surface area contributed by atoms with Gasteiger partial charge in [0.2, 0.25) is 0 Å². The van der Waals surface area contributed by atoms with Crippen molar-refractivity contribution in [3.63, 3.8) is 0 Å². The van der Waals surface area contributed by atoms with Gasteiger partial charge >= 0.3 is 0 Å². The van der Waals surface area contributed by atoms with Crippen LogP contribution in [0.3, 0.4) is 0 Å². The smallest absolute Gasteiger partial charge is 0.158 e. The lowest BCUT2D eigenvalue weighted by atomic mass is 9.43. The van der Waals surface area contributed by atoms with Gasteiger partial charge in [0.15, 0.2) is 6.29 Å². The highest BCUT2D eigenvalue weighted by molar-refractivity contribution is 5.24. The highest BCUT2D eigenvalue weighted by Gasteiger charge is 2.67. The fraction of sp³-hybridized carbons (Fsp3) is 0.696. The summed E-state index contributed by atoms with van der Waals surface area (Å²) in [5.41, 5.74) is 0.387. The molecular formula is C46H64O6. The number of hydrogen-bond donors (Lipinski definition) is 2. The Morgan fingerprint density at radius 3 is 2.21 bits per heavy atom. The molecular weight excluding hydrogens is 649 g/mol. The van der Waals surface area contributed by atoms with Crippen molar-refractivity contribution in [1.29, 1.82) is 0 Å². The van der Waals surface area contributed by atoms with Crippen molar-refractivity contribution < 1.29 is 29.2 Å². The molecule has 4 aliphatic carbocycles. The molecule has 5 aliphatic rings. The number of hydrogen-bond acceptors (Lipinski definition) is 6. The van der Waals surface area contributed by atoms with E-state index in [2.05, 4.69) is 86.4 Å². The van der Waals surface area contributed by atoms with Gasteiger partial charge < -0.3 is 29.2 Å². The van der Waals surface area contributed by atoms with Crippen LogP contribution in [-0.2, 0) is 32.2 Å². The summed E-state index contributed by atoms with van der Waals surface area (Å²) < 4.78 is 25.8. The average molecular weight is 713 g/mol. The Hall–Kier alpha value is -2.24. The van der Waals surface area contributed by atoms with E-state index in [0.717, 1.165) is 58.0 Å². The van der Waals surface area contributed by atoms with Gasteiger partial charge in [-0.1, -0.05) is 86.4 Å². The summed E-state index contributed by atoms with van der Waals surface area (Å²) in [6, 6.07) is 21.1. The molecule has 0 bridgehead atoms. The van der Waals surface area contributed by atoms with Crippen molar-refractivity contribution in [2.45, 2.75) is 154 Å². The molecule has 5 fully saturated rings. The molecule has 0 radical (unpaired) electrons. The number of aliphatic hydroxyl groups is 2. The van der Waals surface area contributed by atoms with Crippen molar-refractivity contribution in [1.82, 2.24) is 0 Å². The van der Waals surface area contributed by atoms with Gasteiger partial charge in [-0.3, -0.25) is 0 Å². The van der Waals surface area contributed by atoms with Crippen molar-refractivity contribution in [2.24, 2.45) is 40.4 Å². The van der Waals surface area contributed by atoms with Crippen LogP contribution in [-0.4, -0.2) is 52.6 Å². The molecule has 7 rings (SSSR count). The van der Waals surface area contributed by atoms with E-state index < -0.39 is 17.3 Å². The van der Waals surface area contributed by atoms with Gasteiger partial charge in [0, 0.05) is 18.9 Å². The lowest BCUT2D eigenvalue weighted by Crippen LogP contribution is -2.61. The molecule has 0 spiro atoms. The Labute approximate surface area is 313 Å². The highest BCUT2D eigenvalue weighted by atomic mass is 16.7. The van der Waals surface area contributed by atoms with Crippen molar-refractivity contribution in [3.05, 3.63) is 71.8 Å². The first kappa shape index (κ1) is 38.1. The summed E-state index contributed by atoms with van der Waals surface area (Å²) in [5.74, 6) is 7.92. The minimum absolute atomic E-state index is 0.0282. The fourth-order valence-electron chi connectivity index (χ4n) is 11.9. The SMILES string of the molecule is CC(C)(CC#C[C@](C)(O)[C@H]1[C@@H](O)C[C@H]2[C@@H]3CC[C@H]4C[C@H](OCc5ccccc5)CC[C@]4(C)[C@H]3[C@@H](OCc3ccccc3)C[C@@]21C)OC1CCCCO1. The van der Waals surface area contributed by atoms with E-state index in [9.17, 15) is 10.2 Å². The average Bonchev–Trinajstić information content (AvgIpc) is 3.40. The number of fused-ring (bicyclic) bond motifs is 5. The lowest BCUT2D eigenvalue weighted by molar-refractivity contribution is -0.213. The molecule has 1 aliphatic heterocycles. The molecule has 1 unspecified atom stereocenters. The van der Waals surface area contributed by atoms with Crippen molar-refractivity contribution in [3.8, 4) is 11.8 Å². The minimum atomic E-state index is -1.35. The third-order valence-corrected chi connectivity index (χ3v) is 14.2. The normalized spacial score (nSPS) is 38.6. The highest BCUT2D eigenvalue weighted by Crippen LogP contribution is 2.69. The molecule has 1 saturated heterocycles. The largest absolute Gasteiger partial charge is 0.393 e. The zero-order valence-electron chi connectivity index (χ0n) is 32.4. The first-order valence-electron chi connectivity index (χ1n) is 20.4. The Morgan fingerprint density at radius 1 is 0.846 bits per heavy atom. The molecule has 6 nitrogen and oxygen atoms in total. The van der Waals surface area contributed by atoms with Crippen LogP contribution in [0.4, 0.5) is 0 Å². The standard InChI is InChI=1S/C46H64O6/c1-43(2,52-40-19-12-13-26-49-40)23-14-24-46(5,48)42-38(47)28-37-36-21-20-34-27-35(50-30-32-15-8-6-9-16-32)22-25-44(34,3)41(36)39(29-45(37,42)4)51-31-33-17-10-7-11-18-33/h6-11,15-18,34-42,47-48H,12-13,19-23,25-31H2,1-5H3/t34-,35+,36-,37-,38-,39-,40?,41+,42-,44-,45-,46-/m0/s1. The molecule has 1 heterocycles. The van der Waals surface area contributed by atoms with Gasteiger partial charge in [-0.05, 0) is 131 Å². The van der Waals surface area contributed by atoms with Crippen LogP contribution in [0.25, 0.3) is 0 Å². The summed E-state index contributed by atoms with van der Waals surface area (Å²) >= 11 is 0. The zero-order chi connectivity index (χ0) is 36.6. The molecule has 52 heavy (non-hydrogen) atoms. The van der Waals surface area contributed by atoms with Crippen LogP contribution in [0.2, 0.25) is 0 Å². The quantitative estimate of drug-likeness (QED) is 0.240. The third-order valence-electron chi connectivity index (χ3n) is 14.2. The van der Waals surface area contributed by atoms with Crippen molar-refractivity contribution in [2.75, 3.05) is 6.61 Å². The molecule has 6 heteroatoms. The van der Waals surface area contributed by atoms with Gasteiger partial charge in [-0.25, -0.2) is 0 Å².